The number of aromatic nitrogens is 1. The van der Waals surface area contributed by atoms with Crippen LogP contribution in [0.15, 0.2) is 17.2 Å². The third kappa shape index (κ3) is 3.79. The SMILES string of the molecule is CCOC(=O)CSc1ccc(N)c(C)n1. The van der Waals surface area contributed by atoms with E-state index in [1.165, 1.54) is 11.8 Å². The van der Waals surface area contributed by atoms with Crippen LogP contribution in [0.5, 0.6) is 0 Å². The number of nitrogens with two attached hydrogens (primary N) is 1. The minimum atomic E-state index is -0.223. The van der Waals surface area contributed by atoms with Crippen LogP contribution in [0.25, 0.3) is 0 Å². The zero-order valence-electron chi connectivity index (χ0n) is 8.82. The van der Waals surface area contributed by atoms with Crippen LogP contribution in [0.2, 0.25) is 0 Å². The number of pyridine rings is 1. The van der Waals surface area contributed by atoms with E-state index in [2.05, 4.69) is 4.98 Å². The highest BCUT2D eigenvalue weighted by Crippen LogP contribution is 2.18. The van der Waals surface area contributed by atoms with Crippen molar-refractivity contribution in [3.8, 4) is 0 Å². The number of hydrogen-bond acceptors (Lipinski definition) is 5. The lowest BCUT2D eigenvalue weighted by Gasteiger charge is -2.03. The quantitative estimate of drug-likeness (QED) is 0.624. The Morgan fingerprint density at radius 1 is 1.60 bits per heavy atom. The fraction of sp³-hybridized carbons (Fsp3) is 0.400. The molecule has 82 valence electrons. The first-order chi connectivity index (χ1) is 7.13. The number of nitrogens with zero attached hydrogens (tertiary/aromatic N) is 1. The standard InChI is InChI=1S/C10H14N2O2S/c1-3-14-10(13)6-15-9-5-4-8(11)7(2)12-9/h4-5H,3,6,11H2,1-2H3. The third-order valence-electron chi connectivity index (χ3n) is 1.74. The Balaban J connectivity index is 2.51. The van der Waals surface area contributed by atoms with Crippen molar-refractivity contribution in [1.82, 2.24) is 4.98 Å². The first kappa shape index (κ1) is 11.8. The Morgan fingerprint density at radius 3 is 2.93 bits per heavy atom. The zero-order chi connectivity index (χ0) is 11.3. The van der Waals surface area contributed by atoms with Gasteiger partial charge in [-0.25, -0.2) is 4.98 Å². The van der Waals surface area contributed by atoms with Crippen molar-refractivity contribution in [2.24, 2.45) is 0 Å². The molecule has 1 aromatic heterocycles. The summed E-state index contributed by atoms with van der Waals surface area (Å²) in [6.07, 6.45) is 0. The molecule has 1 rings (SSSR count). The zero-order valence-corrected chi connectivity index (χ0v) is 9.63. The first-order valence-corrected chi connectivity index (χ1v) is 5.63. The molecule has 2 N–H and O–H groups in total. The number of aryl methyl sites for hydroxylation is 1. The van der Waals surface area contributed by atoms with E-state index in [9.17, 15) is 4.79 Å². The molecule has 0 fully saturated rings. The average Bonchev–Trinajstić information content (AvgIpc) is 2.20. The topological polar surface area (TPSA) is 65.2 Å². The molecule has 0 amide bonds. The smallest absolute Gasteiger partial charge is 0.316 e. The molecule has 0 atom stereocenters. The number of carbonyl (C=O) groups excluding carboxylic acids is 1. The molecule has 0 aliphatic carbocycles. The Morgan fingerprint density at radius 2 is 2.33 bits per heavy atom. The molecular weight excluding hydrogens is 212 g/mol. The number of anilines is 1. The van der Waals surface area contributed by atoms with Crippen molar-refractivity contribution in [3.05, 3.63) is 17.8 Å². The highest BCUT2D eigenvalue weighted by Gasteiger charge is 2.04. The summed E-state index contributed by atoms with van der Waals surface area (Å²) in [5.41, 5.74) is 7.07. The summed E-state index contributed by atoms with van der Waals surface area (Å²) >= 11 is 1.35. The molecule has 0 aromatic carbocycles. The summed E-state index contributed by atoms with van der Waals surface area (Å²) in [5, 5.41) is 0.787. The van der Waals surface area contributed by atoms with Gasteiger partial charge in [-0.1, -0.05) is 11.8 Å². The molecule has 1 heterocycles. The number of ether oxygens (including phenoxy) is 1. The van der Waals surface area contributed by atoms with E-state index >= 15 is 0 Å². The van der Waals surface area contributed by atoms with Crippen LogP contribution < -0.4 is 5.73 Å². The van der Waals surface area contributed by atoms with Gasteiger partial charge >= 0.3 is 5.97 Å². The number of esters is 1. The van der Waals surface area contributed by atoms with E-state index in [1.807, 2.05) is 6.92 Å². The van der Waals surface area contributed by atoms with E-state index in [-0.39, 0.29) is 11.7 Å². The molecule has 0 radical (unpaired) electrons. The maximum Gasteiger partial charge on any atom is 0.316 e. The molecule has 0 saturated heterocycles. The van der Waals surface area contributed by atoms with E-state index in [0.29, 0.717) is 12.3 Å². The minimum Gasteiger partial charge on any atom is -0.465 e. The van der Waals surface area contributed by atoms with Crippen LogP contribution in [-0.2, 0) is 9.53 Å². The number of thioether (sulfide) groups is 1. The Bertz CT molecular complexity index is 355. The summed E-state index contributed by atoms with van der Waals surface area (Å²) in [5.74, 6) is 0.0586. The Hall–Kier alpha value is -1.23. The van der Waals surface area contributed by atoms with Gasteiger partial charge in [-0.3, -0.25) is 4.79 Å². The molecule has 0 aliphatic heterocycles. The molecule has 15 heavy (non-hydrogen) atoms. The van der Waals surface area contributed by atoms with Gasteiger partial charge in [0.05, 0.1) is 28.8 Å². The highest BCUT2D eigenvalue weighted by atomic mass is 32.2. The molecular formula is C10H14N2O2S. The van der Waals surface area contributed by atoms with Crippen molar-refractivity contribution in [1.29, 1.82) is 0 Å². The second-order valence-electron chi connectivity index (χ2n) is 2.92. The van der Waals surface area contributed by atoms with Gasteiger partial charge in [-0.2, -0.15) is 0 Å². The minimum absolute atomic E-state index is 0.223. The Labute approximate surface area is 93.2 Å². The van der Waals surface area contributed by atoms with Gasteiger partial charge in [0, 0.05) is 0 Å². The number of carbonyl (C=O) groups is 1. The van der Waals surface area contributed by atoms with Crippen LogP contribution in [-0.4, -0.2) is 23.3 Å². The molecule has 5 heteroatoms. The average molecular weight is 226 g/mol. The van der Waals surface area contributed by atoms with Crippen molar-refractivity contribution in [3.63, 3.8) is 0 Å². The summed E-state index contributed by atoms with van der Waals surface area (Å²) < 4.78 is 4.81. The van der Waals surface area contributed by atoms with Crippen molar-refractivity contribution < 1.29 is 9.53 Å². The molecule has 0 unspecified atom stereocenters. The maximum atomic E-state index is 11.1. The van der Waals surface area contributed by atoms with Gasteiger partial charge in [0.25, 0.3) is 0 Å². The van der Waals surface area contributed by atoms with Crippen LogP contribution in [0.3, 0.4) is 0 Å². The maximum absolute atomic E-state index is 11.1. The molecule has 0 spiro atoms. The van der Waals surface area contributed by atoms with Crippen molar-refractivity contribution in [2.75, 3.05) is 18.1 Å². The number of hydrogen-bond donors (Lipinski definition) is 1. The second kappa shape index (κ2) is 5.60. The largest absolute Gasteiger partial charge is 0.465 e. The fourth-order valence-corrected chi connectivity index (χ4v) is 1.68. The summed E-state index contributed by atoms with van der Waals surface area (Å²) in [6.45, 7) is 4.03. The van der Waals surface area contributed by atoms with E-state index in [1.54, 1.807) is 19.1 Å². The highest BCUT2D eigenvalue weighted by molar-refractivity contribution is 7.99. The predicted octanol–water partition coefficient (Wildman–Crippen LogP) is 1.63. The van der Waals surface area contributed by atoms with Gasteiger partial charge in [-0.15, -0.1) is 0 Å². The first-order valence-electron chi connectivity index (χ1n) is 4.65. The van der Waals surface area contributed by atoms with Gasteiger partial charge in [0.1, 0.15) is 0 Å². The summed E-state index contributed by atoms with van der Waals surface area (Å²) in [6, 6.07) is 3.59. The number of rotatable bonds is 4. The van der Waals surface area contributed by atoms with Gasteiger partial charge in [0.15, 0.2) is 0 Å². The normalized spacial score (nSPS) is 10.0. The lowest BCUT2D eigenvalue weighted by molar-refractivity contribution is -0.139. The lowest BCUT2D eigenvalue weighted by Crippen LogP contribution is -2.06. The van der Waals surface area contributed by atoms with Crippen molar-refractivity contribution in [2.45, 2.75) is 18.9 Å². The molecule has 0 bridgehead atoms. The molecule has 0 saturated carbocycles. The van der Waals surface area contributed by atoms with Gasteiger partial charge in [-0.05, 0) is 26.0 Å². The van der Waals surface area contributed by atoms with Gasteiger partial charge < -0.3 is 10.5 Å². The summed E-state index contributed by atoms with van der Waals surface area (Å²) in [7, 11) is 0. The molecule has 0 aliphatic rings. The second-order valence-corrected chi connectivity index (χ2v) is 3.91. The van der Waals surface area contributed by atoms with E-state index in [4.69, 9.17) is 10.5 Å². The van der Waals surface area contributed by atoms with E-state index in [0.717, 1.165) is 10.7 Å². The monoisotopic (exact) mass is 226 g/mol. The number of nitrogen functional groups attached to an aromatic ring is 1. The predicted molar refractivity (Wildman–Crippen MR) is 60.7 cm³/mol. The van der Waals surface area contributed by atoms with Crippen LogP contribution in [0, 0.1) is 6.92 Å². The fourth-order valence-electron chi connectivity index (χ4n) is 0.965. The van der Waals surface area contributed by atoms with Crippen LogP contribution in [0.1, 0.15) is 12.6 Å². The van der Waals surface area contributed by atoms with Gasteiger partial charge in [0.2, 0.25) is 0 Å². The van der Waals surface area contributed by atoms with Crippen LogP contribution in [0.4, 0.5) is 5.69 Å². The Kier molecular flexibility index (Phi) is 4.42. The summed E-state index contributed by atoms with van der Waals surface area (Å²) in [4.78, 5) is 15.3. The lowest BCUT2D eigenvalue weighted by atomic mass is 10.3. The van der Waals surface area contributed by atoms with Crippen LogP contribution >= 0.6 is 11.8 Å². The van der Waals surface area contributed by atoms with Crippen molar-refractivity contribution >= 4 is 23.4 Å². The molecule has 4 nitrogen and oxygen atoms in total. The third-order valence-corrected chi connectivity index (χ3v) is 2.65. The van der Waals surface area contributed by atoms with E-state index < -0.39 is 0 Å². The molecule has 1 aromatic rings.